The van der Waals surface area contributed by atoms with Gasteiger partial charge in [-0.25, -0.2) is 22.5 Å². The quantitative estimate of drug-likeness (QED) is 0.747. The number of nitrogens with zero attached hydrogens (tertiary/aromatic N) is 2. The zero-order valence-electron chi connectivity index (χ0n) is 13.5. The fourth-order valence-corrected chi connectivity index (χ4v) is 2.59. The molecule has 9 heteroatoms. The van der Waals surface area contributed by atoms with E-state index in [2.05, 4.69) is 10.3 Å². The molecular formula is C14H21N3O5S. The summed E-state index contributed by atoms with van der Waals surface area (Å²) in [6, 6.07) is 1.50. The minimum absolute atomic E-state index is 0.0951. The molecule has 1 heterocycles. The Morgan fingerprint density at radius 2 is 1.91 bits per heavy atom. The number of hydrogen-bond acceptors (Lipinski definition) is 5. The topological polar surface area (TPSA) is 117 Å². The zero-order valence-corrected chi connectivity index (χ0v) is 14.3. The third-order valence-corrected chi connectivity index (χ3v) is 4.79. The van der Waals surface area contributed by atoms with Crippen molar-refractivity contribution in [1.29, 1.82) is 0 Å². The smallest absolute Gasteiger partial charge is 0.326 e. The van der Waals surface area contributed by atoms with Crippen molar-refractivity contribution in [3.8, 4) is 0 Å². The molecule has 0 aliphatic heterocycles. The van der Waals surface area contributed by atoms with Crippen molar-refractivity contribution < 1.29 is 23.1 Å². The van der Waals surface area contributed by atoms with E-state index in [0.717, 1.165) is 10.5 Å². The highest BCUT2D eigenvalue weighted by atomic mass is 32.2. The molecule has 1 atom stereocenters. The Labute approximate surface area is 135 Å². The standard InChI is InChI=1S/C14H21N3O5S/c1-9(2)7-11(14(19)20)16-13(18)10-5-6-12(15-8-10)23(21,22)17(3)4/h5-6,8-9,11H,7H2,1-4H3,(H,16,18)(H,19,20). The third kappa shape index (κ3) is 5.00. The van der Waals surface area contributed by atoms with E-state index in [4.69, 9.17) is 5.11 Å². The highest BCUT2D eigenvalue weighted by molar-refractivity contribution is 7.89. The number of carbonyl (C=O) groups excluding carboxylic acids is 1. The molecule has 2 N–H and O–H groups in total. The fraction of sp³-hybridized carbons (Fsp3) is 0.500. The van der Waals surface area contributed by atoms with E-state index in [1.807, 2.05) is 13.8 Å². The van der Waals surface area contributed by atoms with Gasteiger partial charge >= 0.3 is 5.97 Å². The Morgan fingerprint density at radius 3 is 2.30 bits per heavy atom. The van der Waals surface area contributed by atoms with Crippen LogP contribution in [0, 0.1) is 5.92 Å². The second-order valence-corrected chi connectivity index (χ2v) is 7.77. The van der Waals surface area contributed by atoms with E-state index in [0.29, 0.717) is 6.42 Å². The summed E-state index contributed by atoms with van der Waals surface area (Å²) in [5.41, 5.74) is 0.0951. The summed E-state index contributed by atoms with van der Waals surface area (Å²) in [6.07, 6.45) is 1.40. The summed E-state index contributed by atoms with van der Waals surface area (Å²) in [5.74, 6) is -1.63. The van der Waals surface area contributed by atoms with Gasteiger partial charge in [0.25, 0.3) is 15.9 Å². The molecular weight excluding hydrogens is 322 g/mol. The first-order valence-corrected chi connectivity index (χ1v) is 8.42. The van der Waals surface area contributed by atoms with Crippen LogP contribution in [0.3, 0.4) is 0 Å². The summed E-state index contributed by atoms with van der Waals surface area (Å²) in [7, 11) is -0.923. The molecule has 0 aliphatic rings. The maximum atomic E-state index is 12.1. The van der Waals surface area contributed by atoms with Crippen LogP contribution in [0.5, 0.6) is 0 Å². The first-order chi connectivity index (χ1) is 10.6. The molecule has 0 spiro atoms. The Morgan fingerprint density at radius 1 is 1.30 bits per heavy atom. The average Bonchev–Trinajstić information content (AvgIpc) is 2.45. The molecule has 0 saturated heterocycles. The lowest BCUT2D eigenvalue weighted by atomic mass is 10.0. The van der Waals surface area contributed by atoms with Gasteiger partial charge < -0.3 is 10.4 Å². The Balaban J connectivity index is 2.91. The highest BCUT2D eigenvalue weighted by Gasteiger charge is 2.23. The predicted molar refractivity (Wildman–Crippen MR) is 83.5 cm³/mol. The summed E-state index contributed by atoms with van der Waals surface area (Å²) < 4.78 is 24.8. The van der Waals surface area contributed by atoms with Crippen LogP contribution >= 0.6 is 0 Å². The second-order valence-electron chi connectivity index (χ2n) is 5.67. The molecule has 8 nitrogen and oxygen atoms in total. The monoisotopic (exact) mass is 343 g/mol. The van der Waals surface area contributed by atoms with Crippen LogP contribution in [0.25, 0.3) is 0 Å². The molecule has 0 aromatic carbocycles. The SMILES string of the molecule is CC(C)CC(NC(=O)c1ccc(S(=O)(=O)N(C)C)nc1)C(=O)O. The number of aliphatic carboxylic acids is 1. The summed E-state index contributed by atoms with van der Waals surface area (Å²) in [5, 5.41) is 11.3. The van der Waals surface area contributed by atoms with Crippen molar-refractivity contribution >= 4 is 21.9 Å². The zero-order chi connectivity index (χ0) is 17.8. The lowest BCUT2D eigenvalue weighted by molar-refractivity contribution is -0.139. The van der Waals surface area contributed by atoms with E-state index in [-0.39, 0.29) is 16.5 Å². The van der Waals surface area contributed by atoms with E-state index in [1.165, 1.54) is 26.2 Å². The average molecular weight is 343 g/mol. The Kier molecular flexibility index (Phi) is 6.22. The molecule has 0 aliphatic carbocycles. The molecule has 0 fully saturated rings. The first-order valence-electron chi connectivity index (χ1n) is 6.98. The molecule has 0 saturated carbocycles. The minimum atomic E-state index is -3.68. The van der Waals surface area contributed by atoms with Gasteiger partial charge in [-0.05, 0) is 24.5 Å². The van der Waals surface area contributed by atoms with E-state index in [9.17, 15) is 18.0 Å². The van der Waals surface area contributed by atoms with Gasteiger partial charge in [-0.15, -0.1) is 0 Å². The van der Waals surface area contributed by atoms with Crippen LogP contribution in [-0.4, -0.2) is 54.8 Å². The number of sulfonamides is 1. The van der Waals surface area contributed by atoms with E-state index < -0.39 is 27.9 Å². The number of hydrogen-bond donors (Lipinski definition) is 2. The maximum Gasteiger partial charge on any atom is 0.326 e. The number of nitrogens with one attached hydrogen (secondary N) is 1. The fourth-order valence-electron chi connectivity index (χ4n) is 1.79. The molecule has 0 radical (unpaired) electrons. The molecule has 1 unspecified atom stereocenters. The predicted octanol–water partition coefficient (Wildman–Crippen LogP) is 0.561. The largest absolute Gasteiger partial charge is 0.480 e. The molecule has 23 heavy (non-hydrogen) atoms. The van der Waals surface area contributed by atoms with Crippen LogP contribution in [-0.2, 0) is 14.8 Å². The number of carboxylic acid groups (broad SMARTS) is 1. The van der Waals surface area contributed by atoms with Crippen molar-refractivity contribution in [2.75, 3.05) is 14.1 Å². The molecule has 1 aromatic rings. The van der Waals surface area contributed by atoms with Gasteiger partial charge in [0.15, 0.2) is 5.03 Å². The highest BCUT2D eigenvalue weighted by Crippen LogP contribution is 2.11. The number of carboxylic acids is 1. The lowest BCUT2D eigenvalue weighted by Crippen LogP contribution is -2.41. The second kappa shape index (κ2) is 7.51. The first kappa shape index (κ1) is 19.0. The van der Waals surface area contributed by atoms with Gasteiger partial charge in [-0.2, -0.15) is 0 Å². The van der Waals surface area contributed by atoms with Gasteiger partial charge in [0, 0.05) is 20.3 Å². The van der Waals surface area contributed by atoms with Crippen molar-refractivity contribution in [2.45, 2.75) is 31.3 Å². The molecule has 0 bridgehead atoms. The van der Waals surface area contributed by atoms with Gasteiger partial charge in [0.2, 0.25) is 0 Å². The van der Waals surface area contributed by atoms with Crippen LogP contribution in [0.1, 0.15) is 30.6 Å². The molecule has 1 rings (SSSR count). The van der Waals surface area contributed by atoms with Gasteiger partial charge in [0.1, 0.15) is 6.04 Å². The Bertz CT molecular complexity index is 668. The lowest BCUT2D eigenvalue weighted by Gasteiger charge is -2.16. The van der Waals surface area contributed by atoms with E-state index >= 15 is 0 Å². The number of aromatic nitrogens is 1. The number of amides is 1. The number of pyridine rings is 1. The summed E-state index contributed by atoms with van der Waals surface area (Å²) >= 11 is 0. The van der Waals surface area contributed by atoms with E-state index in [1.54, 1.807) is 0 Å². The minimum Gasteiger partial charge on any atom is -0.480 e. The van der Waals surface area contributed by atoms with Crippen molar-refractivity contribution in [2.24, 2.45) is 5.92 Å². The van der Waals surface area contributed by atoms with Crippen LogP contribution in [0.4, 0.5) is 0 Å². The number of rotatable bonds is 7. The van der Waals surface area contributed by atoms with Crippen molar-refractivity contribution in [3.05, 3.63) is 23.9 Å². The molecule has 1 amide bonds. The van der Waals surface area contributed by atoms with Gasteiger partial charge in [-0.1, -0.05) is 13.8 Å². The maximum absolute atomic E-state index is 12.1. The normalized spacial score (nSPS) is 13.1. The number of carbonyl (C=O) groups is 2. The molecule has 128 valence electrons. The van der Waals surface area contributed by atoms with Crippen LogP contribution in [0.2, 0.25) is 0 Å². The molecule has 1 aromatic heterocycles. The van der Waals surface area contributed by atoms with Crippen LogP contribution < -0.4 is 5.32 Å². The van der Waals surface area contributed by atoms with Crippen molar-refractivity contribution in [1.82, 2.24) is 14.6 Å². The van der Waals surface area contributed by atoms with Gasteiger partial charge in [0.05, 0.1) is 5.56 Å². The van der Waals surface area contributed by atoms with Gasteiger partial charge in [-0.3, -0.25) is 4.79 Å². The summed E-state index contributed by atoms with van der Waals surface area (Å²) in [6.45, 7) is 3.70. The van der Waals surface area contributed by atoms with Crippen LogP contribution in [0.15, 0.2) is 23.4 Å². The summed E-state index contributed by atoms with van der Waals surface area (Å²) in [4.78, 5) is 27.0. The van der Waals surface area contributed by atoms with Crippen molar-refractivity contribution in [3.63, 3.8) is 0 Å². The Hall–Kier alpha value is -2.00. The third-order valence-electron chi connectivity index (χ3n) is 3.05.